The van der Waals surface area contributed by atoms with Gasteiger partial charge in [-0.2, -0.15) is 0 Å². The SMILES string of the molecule is CC1CC(C=O)(NC(=O)[C@@H]2[C@@H]3[C@H](CN2C(=O)[C@@H](NC(=O)OC(C)(C)C)C(C)(C)C)C3(C)C)C1.CC1CC(CO)(NC(=O)[C@@H]2[C@@H]3[C@H](CN2C(=O)[C@@H](NC(=O)OC(C)(C)C)C(C)(C)C)C3(C)C)C1. The van der Waals surface area contributed by atoms with Gasteiger partial charge in [0.2, 0.25) is 23.6 Å². The number of likely N-dealkylation sites (tertiary alicyclic amines) is 2. The fourth-order valence-corrected chi connectivity index (χ4v) is 11.7. The Morgan fingerprint density at radius 1 is 0.621 bits per heavy atom. The monoisotopic (exact) mass is 929 g/mol. The summed E-state index contributed by atoms with van der Waals surface area (Å²) in [7, 11) is 0. The van der Waals surface area contributed by atoms with Crippen LogP contribution in [0.1, 0.15) is 150 Å². The van der Waals surface area contributed by atoms with Crippen molar-refractivity contribution in [3.05, 3.63) is 0 Å². The number of hydrogen-bond acceptors (Lipinski definition) is 10. The first-order valence-electron chi connectivity index (χ1n) is 24.1. The van der Waals surface area contributed by atoms with E-state index in [1.54, 1.807) is 51.3 Å². The van der Waals surface area contributed by atoms with Gasteiger partial charge in [0.1, 0.15) is 41.7 Å². The van der Waals surface area contributed by atoms with Crippen LogP contribution in [0.15, 0.2) is 0 Å². The molecule has 4 aliphatic carbocycles. The summed E-state index contributed by atoms with van der Waals surface area (Å²) in [6, 6.07) is -2.96. The van der Waals surface area contributed by atoms with Crippen LogP contribution in [0.5, 0.6) is 0 Å². The number of ether oxygens (including phenoxy) is 2. The molecule has 0 bridgehead atoms. The van der Waals surface area contributed by atoms with Gasteiger partial charge in [-0.3, -0.25) is 19.2 Å². The fourth-order valence-electron chi connectivity index (χ4n) is 11.7. The van der Waals surface area contributed by atoms with E-state index in [-0.39, 0.29) is 64.7 Å². The Morgan fingerprint density at radius 3 is 1.26 bits per heavy atom. The van der Waals surface area contributed by atoms with E-state index in [9.17, 15) is 38.7 Å². The lowest BCUT2D eigenvalue weighted by Gasteiger charge is -2.47. The maximum absolute atomic E-state index is 13.8. The molecule has 374 valence electrons. The zero-order valence-corrected chi connectivity index (χ0v) is 43.3. The number of nitrogens with one attached hydrogen (secondary N) is 4. The van der Waals surface area contributed by atoms with Gasteiger partial charge in [0.25, 0.3) is 0 Å². The third kappa shape index (κ3) is 11.0. The number of piperidine rings is 2. The highest BCUT2D eigenvalue weighted by Crippen LogP contribution is 2.66. The summed E-state index contributed by atoms with van der Waals surface area (Å²) < 4.78 is 10.8. The lowest BCUT2D eigenvalue weighted by molar-refractivity contribution is -0.145. The Balaban J connectivity index is 0.000000247. The number of amides is 6. The summed E-state index contributed by atoms with van der Waals surface area (Å²) in [5.41, 5.74) is -4.04. The summed E-state index contributed by atoms with van der Waals surface area (Å²) in [5.74, 6) is 0.350. The van der Waals surface area contributed by atoms with Gasteiger partial charge >= 0.3 is 12.2 Å². The maximum Gasteiger partial charge on any atom is 0.408 e. The molecule has 2 aliphatic heterocycles. The van der Waals surface area contributed by atoms with Crippen LogP contribution in [0.2, 0.25) is 0 Å². The molecule has 6 fully saturated rings. The molecule has 0 aromatic carbocycles. The first-order chi connectivity index (χ1) is 29.8. The Morgan fingerprint density at radius 2 is 0.970 bits per heavy atom. The lowest BCUT2D eigenvalue weighted by Crippen LogP contribution is -2.64. The minimum atomic E-state index is -0.855. The van der Waals surface area contributed by atoms with Crippen LogP contribution in [-0.4, -0.2) is 123 Å². The third-order valence-electron chi connectivity index (χ3n) is 15.3. The molecule has 2 heterocycles. The highest BCUT2D eigenvalue weighted by atomic mass is 16.6. The predicted molar refractivity (Wildman–Crippen MR) is 249 cm³/mol. The van der Waals surface area contributed by atoms with Crippen molar-refractivity contribution < 1.29 is 48.1 Å². The Bertz CT molecular complexity index is 1910. The highest BCUT2D eigenvalue weighted by molar-refractivity contribution is 5.95. The molecule has 66 heavy (non-hydrogen) atoms. The van der Waals surface area contributed by atoms with Gasteiger partial charge in [-0.05, 0) is 124 Å². The molecule has 0 unspecified atom stereocenters. The van der Waals surface area contributed by atoms with Crippen molar-refractivity contribution in [2.24, 2.45) is 57.2 Å². The summed E-state index contributed by atoms with van der Waals surface area (Å²) in [4.78, 5) is 94.6. The van der Waals surface area contributed by atoms with Crippen molar-refractivity contribution in [2.75, 3.05) is 19.7 Å². The number of fused-ring (bicyclic) bond motifs is 2. The normalized spacial score (nSPS) is 33.4. The number of aliphatic hydroxyl groups is 1. The van der Waals surface area contributed by atoms with Crippen molar-refractivity contribution in [1.29, 1.82) is 0 Å². The molecule has 4 saturated carbocycles. The van der Waals surface area contributed by atoms with Crippen LogP contribution in [0, 0.1) is 57.2 Å². The van der Waals surface area contributed by atoms with E-state index < -0.39 is 69.5 Å². The molecular weight excluding hydrogens is 845 g/mol. The van der Waals surface area contributed by atoms with Crippen LogP contribution in [0.3, 0.4) is 0 Å². The summed E-state index contributed by atoms with van der Waals surface area (Å²) in [6.07, 6.45) is 2.23. The number of hydrogen-bond donors (Lipinski definition) is 5. The highest BCUT2D eigenvalue weighted by Gasteiger charge is 2.71. The maximum atomic E-state index is 13.8. The van der Waals surface area contributed by atoms with Gasteiger partial charge in [-0.15, -0.1) is 0 Å². The minimum Gasteiger partial charge on any atom is -0.444 e. The second-order valence-corrected chi connectivity index (χ2v) is 26.4. The van der Waals surface area contributed by atoms with Gasteiger partial charge in [0, 0.05) is 13.1 Å². The molecule has 8 atom stereocenters. The Kier molecular flexibility index (Phi) is 14.1. The van der Waals surface area contributed by atoms with Gasteiger partial charge < -0.3 is 50.4 Å². The number of nitrogens with zero attached hydrogens (tertiary/aromatic N) is 2. The van der Waals surface area contributed by atoms with Crippen LogP contribution >= 0.6 is 0 Å². The number of rotatable bonds is 10. The summed E-state index contributed by atoms with van der Waals surface area (Å²) >= 11 is 0. The average molecular weight is 929 g/mol. The number of carbonyl (C=O) groups excluding carboxylic acids is 7. The first-order valence-corrected chi connectivity index (χ1v) is 24.1. The first kappa shape index (κ1) is 53.0. The minimum absolute atomic E-state index is 0.0199. The van der Waals surface area contributed by atoms with Crippen molar-refractivity contribution in [3.8, 4) is 0 Å². The van der Waals surface area contributed by atoms with Crippen LogP contribution in [-0.2, 0) is 33.4 Å². The molecule has 0 aromatic heterocycles. The summed E-state index contributed by atoms with van der Waals surface area (Å²) in [5, 5.41) is 21.5. The van der Waals surface area contributed by atoms with Gasteiger partial charge in [-0.25, -0.2) is 9.59 Å². The largest absolute Gasteiger partial charge is 0.444 e. The third-order valence-corrected chi connectivity index (χ3v) is 15.3. The molecule has 0 aromatic rings. The molecule has 0 spiro atoms. The molecule has 6 rings (SSSR count). The summed E-state index contributed by atoms with van der Waals surface area (Å²) in [6.45, 7) is 35.4. The lowest BCUT2D eigenvalue weighted by atomic mass is 9.69. The van der Waals surface area contributed by atoms with E-state index in [2.05, 4.69) is 62.8 Å². The van der Waals surface area contributed by atoms with Crippen LogP contribution in [0.4, 0.5) is 9.59 Å². The fraction of sp³-hybridized carbons (Fsp3) is 0.860. The predicted octanol–water partition coefficient (Wildman–Crippen LogP) is 5.58. The topological polar surface area (TPSA) is 213 Å². The quantitative estimate of drug-likeness (QED) is 0.172. The van der Waals surface area contributed by atoms with Crippen molar-refractivity contribution in [3.63, 3.8) is 0 Å². The second-order valence-electron chi connectivity index (χ2n) is 26.4. The number of carbonyl (C=O) groups is 7. The molecule has 16 nitrogen and oxygen atoms in total. The average Bonchev–Trinajstić information content (AvgIpc) is 3.58. The van der Waals surface area contributed by atoms with E-state index in [4.69, 9.17) is 9.47 Å². The van der Waals surface area contributed by atoms with E-state index in [1.807, 2.05) is 41.5 Å². The molecule has 6 amide bonds. The van der Waals surface area contributed by atoms with E-state index in [0.717, 1.165) is 19.1 Å². The second kappa shape index (κ2) is 17.5. The van der Waals surface area contributed by atoms with Crippen molar-refractivity contribution in [1.82, 2.24) is 31.1 Å². The molecular formula is C50H84N6O10. The zero-order chi connectivity index (χ0) is 50.3. The molecule has 0 radical (unpaired) electrons. The van der Waals surface area contributed by atoms with E-state index in [1.165, 1.54) is 0 Å². The smallest absolute Gasteiger partial charge is 0.408 e. The van der Waals surface area contributed by atoms with Crippen molar-refractivity contribution >= 4 is 42.1 Å². The van der Waals surface area contributed by atoms with Crippen molar-refractivity contribution in [2.45, 2.75) is 197 Å². The molecule has 2 saturated heterocycles. The number of alkyl carbamates (subject to hydrolysis) is 2. The molecule has 16 heteroatoms. The standard InChI is InChI=1S/C25H43N3O5.C25H41N3O5/c2*1-14-10-25(11-14,13-29)27-19(30)17-16-15(24(16,8)9)12-28(17)20(31)18(22(2,3)4)26-21(32)33-23(5,6)7/h14-18,29H,10-13H2,1-9H3,(H,26,32)(H,27,30);13-18H,10-12H2,1-9H3,(H,26,32)(H,27,30)/t2*14?,15-,16-,17-,18+,25?/m00/s1. The number of aliphatic hydroxyl groups excluding tert-OH is 1. The Hall–Kier alpha value is -3.95. The van der Waals surface area contributed by atoms with E-state index in [0.29, 0.717) is 37.8 Å². The zero-order valence-electron chi connectivity index (χ0n) is 43.3. The molecule has 6 aliphatic rings. The van der Waals surface area contributed by atoms with Gasteiger partial charge in [0.15, 0.2) is 0 Å². The van der Waals surface area contributed by atoms with Gasteiger partial charge in [0.05, 0.1) is 17.7 Å². The van der Waals surface area contributed by atoms with Crippen LogP contribution < -0.4 is 21.3 Å². The number of aldehydes is 1. The van der Waals surface area contributed by atoms with Gasteiger partial charge in [-0.1, -0.05) is 83.1 Å². The van der Waals surface area contributed by atoms with E-state index >= 15 is 0 Å². The molecule has 5 N–H and O–H groups in total. The Labute approximate surface area is 393 Å². The van der Waals surface area contributed by atoms with Crippen LogP contribution in [0.25, 0.3) is 0 Å².